The fourth-order valence-corrected chi connectivity index (χ4v) is 2.54. The summed E-state index contributed by atoms with van der Waals surface area (Å²) in [6, 6.07) is 0. The largest absolute Gasteiger partial charge is 0.495 e. The van der Waals surface area contributed by atoms with Crippen LogP contribution in [0.1, 0.15) is 6.92 Å². The van der Waals surface area contributed by atoms with Crippen molar-refractivity contribution in [1.82, 2.24) is 0 Å². The third-order valence-corrected chi connectivity index (χ3v) is 4.21. The van der Waals surface area contributed by atoms with Gasteiger partial charge in [-0.05, 0) is 6.92 Å². The van der Waals surface area contributed by atoms with E-state index in [9.17, 15) is 41.7 Å². The molecule has 0 bridgehead atoms. The predicted octanol–water partition coefficient (Wildman–Crippen LogP) is 0.479. The Balaban J connectivity index is 4.09. The molecule has 0 aromatic rings. The molecule has 19 heteroatoms. The Hall–Kier alpha value is -1.20. The average molecular weight is 639 g/mol. The smallest absolute Gasteiger partial charge is 0.394 e. The molecule has 0 spiro atoms. The molecule has 0 aromatic heterocycles. The van der Waals surface area contributed by atoms with Crippen LogP contribution in [0.15, 0.2) is 12.7 Å². The lowest BCUT2D eigenvalue weighted by molar-refractivity contribution is -0.518. The number of ether oxygens (including phenoxy) is 9. The lowest BCUT2D eigenvalue weighted by Gasteiger charge is -2.26. The van der Waals surface area contributed by atoms with Gasteiger partial charge >= 0.3 is 18.5 Å². The van der Waals surface area contributed by atoms with Gasteiger partial charge in [-0.1, -0.05) is 6.08 Å². The van der Waals surface area contributed by atoms with Gasteiger partial charge in [-0.15, -0.1) is 15.4 Å². The van der Waals surface area contributed by atoms with Crippen molar-refractivity contribution < 1.29 is 89.4 Å². The van der Waals surface area contributed by atoms with Crippen LogP contribution in [-0.2, 0) is 42.6 Å². The Bertz CT molecular complexity index is 681. The van der Waals surface area contributed by atoms with Gasteiger partial charge in [0.2, 0.25) is 0 Å². The third-order valence-electron chi connectivity index (χ3n) is 4.21. The standard InChI is InChI=1S/C23H40F6O13/c1-3-5-39-17(2)40-14-20(33)12-37-11-18(31)10-35-7-8-36-15-21(24,25)41-23(28,29)42-22(26,27)16-38-13-19(32)9-34-6-4-30/h3,17-20,30-33H,1,4-16H2,2H3. The van der Waals surface area contributed by atoms with Crippen LogP contribution >= 0.6 is 0 Å². The molecular weight excluding hydrogens is 598 g/mol. The highest BCUT2D eigenvalue weighted by Crippen LogP contribution is 2.33. The first-order valence-electron chi connectivity index (χ1n) is 12.5. The van der Waals surface area contributed by atoms with Crippen molar-refractivity contribution in [3.05, 3.63) is 12.7 Å². The minimum Gasteiger partial charge on any atom is -0.394 e. The minimum atomic E-state index is -5.46. The maximum atomic E-state index is 13.6. The highest BCUT2D eigenvalue weighted by Gasteiger charge is 2.52. The van der Waals surface area contributed by atoms with Crippen LogP contribution in [0.25, 0.3) is 0 Å². The topological polar surface area (TPSA) is 164 Å². The number of aliphatic hydroxyl groups is 4. The van der Waals surface area contributed by atoms with Crippen LogP contribution in [0.4, 0.5) is 26.3 Å². The van der Waals surface area contributed by atoms with E-state index in [0.29, 0.717) is 0 Å². The number of hydrogen-bond donors (Lipinski definition) is 4. The van der Waals surface area contributed by atoms with Crippen molar-refractivity contribution in [3.8, 4) is 0 Å². The monoisotopic (exact) mass is 638 g/mol. The lowest BCUT2D eigenvalue weighted by atomic mass is 10.4. The van der Waals surface area contributed by atoms with Crippen LogP contribution in [0.3, 0.4) is 0 Å². The SMILES string of the molecule is C=CCOC(C)OCC(O)COCC(O)COCCOCC(F)(F)OC(F)(F)OC(F)(F)COCC(O)COCCO. The molecule has 0 rings (SSSR count). The first-order chi connectivity index (χ1) is 19.6. The van der Waals surface area contributed by atoms with Crippen molar-refractivity contribution in [3.63, 3.8) is 0 Å². The zero-order valence-electron chi connectivity index (χ0n) is 23.0. The van der Waals surface area contributed by atoms with Crippen molar-refractivity contribution in [2.75, 3.05) is 85.9 Å². The Morgan fingerprint density at radius 3 is 1.64 bits per heavy atom. The van der Waals surface area contributed by atoms with E-state index in [4.69, 9.17) is 28.8 Å². The summed E-state index contributed by atoms with van der Waals surface area (Å²) < 4.78 is 121. The molecule has 0 saturated carbocycles. The molecule has 4 N–H and O–H groups in total. The molecule has 0 radical (unpaired) electrons. The minimum absolute atomic E-state index is 0.0972. The summed E-state index contributed by atoms with van der Waals surface area (Å²) >= 11 is 0. The molecule has 0 aliphatic heterocycles. The number of alkyl halides is 6. The van der Waals surface area contributed by atoms with Crippen LogP contribution in [0.2, 0.25) is 0 Å². The van der Waals surface area contributed by atoms with Crippen LogP contribution in [0, 0.1) is 0 Å². The van der Waals surface area contributed by atoms with Gasteiger partial charge in [-0.3, -0.25) is 0 Å². The summed E-state index contributed by atoms with van der Waals surface area (Å²) in [5.74, 6) is 0. The van der Waals surface area contributed by atoms with E-state index in [0.717, 1.165) is 0 Å². The van der Waals surface area contributed by atoms with E-state index in [2.05, 4.69) is 25.5 Å². The van der Waals surface area contributed by atoms with Crippen LogP contribution < -0.4 is 0 Å². The normalized spacial score (nSPS) is 15.9. The zero-order chi connectivity index (χ0) is 32.1. The molecule has 0 saturated heterocycles. The highest BCUT2D eigenvalue weighted by atomic mass is 19.3. The fraction of sp³-hybridized carbons (Fsp3) is 0.913. The summed E-state index contributed by atoms with van der Waals surface area (Å²) in [5.41, 5.74) is 0. The third kappa shape index (κ3) is 24.3. The predicted molar refractivity (Wildman–Crippen MR) is 128 cm³/mol. The van der Waals surface area contributed by atoms with E-state index in [1.54, 1.807) is 6.92 Å². The van der Waals surface area contributed by atoms with E-state index in [1.807, 2.05) is 0 Å². The second-order valence-electron chi connectivity index (χ2n) is 8.41. The van der Waals surface area contributed by atoms with Gasteiger partial charge in [0, 0.05) is 0 Å². The van der Waals surface area contributed by atoms with Gasteiger partial charge in [-0.25, -0.2) is 9.47 Å². The summed E-state index contributed by atoms with van der Waals surface area (Å²) in [7, 11) is 0. The van der Waals surface area contributed by atoms with Gasteiger partial charge in [-0.2, -0.15) is 17.6 Å². The number of rotatable bonds is 29. The van der Waals surface area contributed by atoms with Crippen molar-refractivity contribution in [2.24, 2.45) is 0 Å². The Kier molecular flexibility index (Phi) is 21.7. The summed E-state index contributed by atoms with van der Waals surface area (Å²) in [6.07, 6.45) is -17.7. The summed E-state index contributed by atoms with van der Waals surface area (Å²) in [4.78, 5) is 0. The fourth-order valence-electron chi connectivity index (χ4n) is 2.54. The molecule has 252 valence electrons. The number of aliphatic hydroxyl groups excluding tert-OH is 4. The summed E-state index contributed by atoms with van der Waals surface area (Å²) in [6.45, 7) is -1.77. The summed E-state index contributed by atoms with van der Waals surface area (Å²) in [5, 5.41) is 37.4. The van der Waals surface area contributed by atoms with Crippen molar-refractivity contribution >= 4 is 0 Å². The van der Waals surface area contributed by atoms with E-state index in [1.165, 1.54) is 6.08 Å². The first kappa shape index (κ1) is 40.8. The molecule has 4 unspecified atom stereocenters. The molecule has 0 aliphatic carbocycles. The van der Waals surface area contributed by atoms with E-state index < -0.39 is 76.1 Å². The van der Waals surface area contributed by atoms with Gasteiger partial charge in [0.15, 0.2) is 6.29 Å². The lowest BCUT2D eigenvalue weighted by Crippen LogP contribution is -2.44. The van der Waals surface area contributed by atoms with Gasteiger partial charge < -0.3 is 53.6 Å². The molecule has 13 nitrogen and oxygen atoms in total. The molecule has 0 fully saturated rings. The molecule has 0 aliphatic rings. The molecule has 0 amide bonds. The maximum Gasteiger partial charge on any atom is 0.495 e. The molecule has 0 heterocycles. The Morgan fingerprint density at radius 2 is 1.10 bits per heavy atom. The Morgan fingerprint density at radius 1 is 0.643 bits per heavy atom. The number of hydrogen-bond acceptors (Lipinski definition) is 13. The second-order valence-corrected chi connectivity index (χ2v) is 8.41. The molecular formula is C23H40F6O13. The molecule has 42 heavy (non-hydrogen) atoms. The van der Waals surface area contributed by atoms with Crippen molar-refractivity contribution in [2.45, 2.75) is 50.0 Å². The quantitative estimate of drug-likeness (QED) is 0.0388. The highest BCUT2D eigenvalue weighted by molar-refractivity contribution is 4.64. The number of halogens is 6. The van der Waals surface area contributed by atoms with Crippen LogP contribution in [-0.4, -0.2) is 149 Å². The van der Waals surface area contributed by atoms with Gasteiger partial charge in [0.05, 0.1) is 72.7 Å². The van der Waals surface area contributed by atoms with E-state index in [-0.39, 0.29) is 52.9 Å². The Labute approximate surface area is 238 Å². The second kappa shape index (κ2) is 22.3. The average Bonchev–Trinajstić information content (AvgIpc) is 2.86. The molecule has 4 atom stereocenters. The van der Waals surface area contributed by atoms with Gasteiger partial charge in [0.25, 0.3) is 0 Å². The van der Waals surface area contributed by atoms with Gasteiger partial charge in [0.1, 0.15) is 31.5 Å². The molecule has 0 aromatic carbocycles. The van der Waals surface area contributed by atoms with E-state index >= 15 is 0 Å². The maximum absolute atomic E-state index is 13.6. The zero-order valence-corrected chi connectivity index (χ0v) is 23.0. The first-order valence-corrected chi connectivity index (χ1v) is 12.5. The van der Waals surface area contributed by atoms with Crippen LogP contribution in [0.5, 0.6) is 0 Å². The van der Waals surface area contributed by atoms with Crippen molar-refractivity contribution in [1.29, 1.82) is 0 Å².